The minimum atomic E-state index is -4.72. The van der Waals surface area contributed by atoms with Crippen molar-refractivity contribution in [2.24, 2.45) is 5.92 Å². The van der Waals surface area contributed by atoms with Crippen LogP contribution < -0.4 is 10.9 Å². The maximum Gasteiger partial charge on any atom is 0.417 e. The van der Waals surface area contributed by atoms with Gasteiger partial charge in [-0.3, -0.25) is 9.59 Å². The van der Waals surface area contributed by atoms with Gasteiger partial charge in [0.15, 0.2) is 0 Å². The summed E-state index contributed by atoms with van der Waals surface area (Å²) in [6, 6.07) is 0.511. The summed E-state index contributed by atoms with van der Waals surface area (Å²) in [4.78, 5) is 36.6. The zero-order valence-electron chi connectivity index (χ0n) is 14.9. The first-order valence-corrected chi connectivity index (χ1v) is 8.73. The van der Waals surface area contributed by atoms with Crippen molar-refractivity contribution < 1.29 is 27.5 Å². The van der Waals surface area contributed by atoms with E-state index in [9.17, 15) is 27.6 Å². The van der Waals surface area contributed by atoms with Gasteiger partial charge in [0.25, 0.3) is 5.56 Å². The van der Waals surface area contributed by atoms with Gasteiger partial charge in [-0.15, -0.1) is 0 Å². The molecule has 27 heavy (non-hydrogen) atoms. The highest BCUT2D eigenvalue weighted by molar-refractivity contribution is 6.30. The Kier molecular flexibility index (Phi) is 6.24. The highest BCUT2D eigenvalue weighted by Gasteiger charge is 2.43. The molecule has 150 valence electrons. The van der Waals surface area contributed by atoms with Gasteiger partial charge in [-0.25, -0.2) is 4.79 Å². The number of pyridine rings is 1. The second-order valence-electron chi connectivity index (χ2n) is 6.81. The fourth-order valence-corrected chi connectivity index (χ4v) is 3.39. The standard InChI is InChI=1S/C17H20ClF3N2O4/c1-10-3-5-16(6-4-10,15(26)27-2)22-13(24)9-23-8-11(17(19,20)21)7-12(18)14(23)25/h7-8,10H,3-6,9H2,1-2H3,(H,22,24). The Hall–Kier alpha value is -2.03. The average molecular weight is 409 g/mol. The number of nitrogens with one attached hydrogen (secondary N) is 1. The van der Waals surface area contributed by atoms with Crippen molar-refractivity contribution in [3.05, 3.63) is 33.2 Å². The first kappa shape index (κ1) is 21.3. The Morgan fingerprint density at radius 1 is 1.37 bits per heavy atom. The van der Waals surface area contributed by atoms with E-state index in [1.54, 1.807) is 0 Å². The average Bonchev–Trinajstić information content (AvgIpc) is 2.59. The van der Waals surface area contributed by atoms with E-state index in [0.717, 1.165) is 0 Å². The second-order valence-corrected chi connectivity index (χ2v) is 7.22. The number of carbonyl (C=O) groups is 2. The van der Waals surface area contributed by atoms with E-state index in [0.29, 0.717) is 48.4 Å². The van der Waals surface area contributed by atoms with Crippen LogP contribution >= 0.6 is 11.6 Å². The third-order valence-electron chi connectivity index (χ3n) is 4.77. The third-order valence-corrected chi connectivity index (χ3v) is 5.04. The van der Waals surface area contributed by atoms with Crippen LogP contribution in [0.5, 0.6) is 0 Å². The quantitative estimate of drug-likeness (QED) is 0.777. The van der Waals surface area contributed by atoms with Gasteiger partial charge in [-0.05, 0) is 37.7 Å². The summed E-state index contributed by atoms with van der Waals surface area (Å²) >= 11 is 5.58. The Balaban J connectivity index is 2.25. The molecular formula is C17H20ClF3N2O4. The first-order valence-electron chi connectivity index (χ1n) is 8.35. The molecule has 1 fully saturated rings. The number of halogens is 4. The van der Waals surface area contributed by atoms with Crippen LogP contribution in [0.3, 0.4) is 0 Å². The van der Waals surface area contributed by atoms with Crippen LogP contribution in [-0.2, 0) is 27.0 Å². The molecule has 6 nitrogen and oxygen atoms in total. The molecule has 1 aliphatic carbocycles. The molecule has 1 aliphatic rings. The van der Waals surface area contributed by atoms with E-state index >= 15 is 0 Å². The Bertz CT molecular complexity index is 783. The predicted molar refractivity (Wildman–Crippen MR) is 91.2 cm³/mol. The van der Waals surface area contributed by atoms with Crippen molar-refractivity contribution in [1.29, 1.82) is 0 Å². The number of esters is 1. The highest BCUT2D eigenvalue weighted by Crippen LogP contribution is 2.33. The maximum absolute atomic E-state index is 12.9. The van der Waals surface area contributed by atoms with Gasteiger partial charge in [-0.2, -0.15) is 13.2 Å². The number of aromatic nitrogens is 1. The molecule has 0 radical (unpaired) electrons. The van der Waals surface area contributed by atoms with Gasteiger partial charge in [0.1, 0.15) is 17.1 Å². The van der Waals surface area contributed by atoms with Crippen molar-refractivity contribution in [3.63, 3.8) is 0 Å². The van der Waals surface area contributed by atoms with Crippen LogP contribution in [0.15, 0.2) is 17.1 Å². The Morgan fingerprint density at radius 2 is 1.96 bits per heavy atom. The summed E-state index contributed by atoms with van der Waals surface area (Å²) in [5.41, 5.74) is -3.31. The largest absolute Gasteiger partial charge is 0.467 e. The van der Waals surface area contributed by atoms with Crippen LogP contribution in [0.2, 0.25) is 5.02 Å². The fourth-order valence-electron chi connectivity index (χ4n) is 3.16. The summed E-state index contributed by atoms with van der Waals surface area (Å²) in [6.07, 6.45) is -2.12. The van der Waals surface area contributed by atoms with E-state index in [-0.39, 0.29) is 0 Å². The number of amides is 1. The maximum atomic E-state index is 12.9. The van der Waals surface area contributed by atoms with E-state index in [2.05, 4.69) is 5.32 Å². The molecular weight excluding hydrogens is 389 g/mol. The summed E-state index contributed by atoms with van der Waals surface area (Å²) in [6.45, 7) is 1.32. The molecule has 10 heteroatoms. The van der Waals surface area contributed by atoms with Crippen molar-refractivity contribution in [1.82, 2.24) is 9.88 Å². The van der Waals surface area contributed by atoms with Crippen LogP contribution in [-0.4, -0.2) is 29.1 Å². The molecule has 0 aliphatic heterocycles. The Morgan fingerprint density at radius 3 is 2.48 bits per heavy atom. The van der Waals surface area contributed by atoms with Gasteiger partial charge in [0.2, 0.25) is 5.91 Å². The predicted octanol–water partition coefficient (Wildman–Crippen LogP) is 2.76. The van der Waals surface area contributed by atoms with E-state index in [4.69, 9.17) is 16.3 Å². The molecule has 0 atom stereocenters. The van der Waals surface area contributed by atoms with Gasteiger partial charge in [-0.1, -0.05) is 18.5 Å². The molecule has 1 saturated carbocycles. The van der Waals surface area contributed by atoms with Crippen LogP contribution in [0, 0.1) is 5.92 Å². The lowest BCUT2D eigenvalue weighted by atomic mass is 9.77. The minimum absolute atomic E-state index is 0.352. The molecule has 1 heterocycles. The number of methoxy groups -OCH3 is 1. The fraction of sp³-hybridized carbons (Fsp3) is 0.588. The van der Waals surface area contributed by atoms with Crippen molar-refractivity contribution in [3.8, 4) is 0 Å². The minimum Gasteiger partial charge on any atom is -0.467 e. The molecule has 1 N–H and O–H groups in total. The number of rotatable bonds is 4. The molecule has 1 amide bonds. The van der Waals surface area contributed by atoms with Crippen LogP contribution in [0.1, 0.15) is 38.2 Å². The van der Waals surface area contributed by atoms with Gasteiger partial charge in [0.05, 0.1) is 12.7 Å². The summed E-state index contributed by atoms with van der Waals surface area (Å²) < 4.78 is 44.1. The summed E-state index contributed by atoms with van der Waals surface area (Å²) in [7, 11) is 1.20. The first-order chi connectivity index (χ1) is 12.5. The van der Waals surface area contributed by atoms with Gasteiger partial charge < -0.3 is 14.6 Å². The van der Waals surface area contributed by atoms with Crippen LogP contribution in [0.25, 0.3) is 0 Å². The molecule has 0 unspecified atom stereocenters. The third kappa shape index (κ3) is 4.82. The zero-order valence-corrected chi connectivity index (χ0v) is 15.6. The second kappa shape index (κ2) is 7.92. The number of alkyl halides is 3. The number of ether oxygens (including phenoxy) is 1. The molecule has 0 spiro atoms. The monoisotopic (exact) mass is 408 g/mol. The Labute approximate surface area is 158 Å². The lowest BCUT2D eigenvalue weighted by Gasteiger charge is -2.37. The molecule has 0 aromatic carbocycles. The highest BCUT2D eigenvalue weighted by atomic mass is 35.5. The van der Waals surface area contributed by atoms with Crippen molar-refractivity contribution >= 4 is 23.5 Å². The van der Waals surface area contributed by atoms with Crippen LogP contribution in [0.4, 0.5) is 13.2 Å². The van der Waals surface area contributed by atoms with Gasteiger partial charge in [0, 0.05) is 6.20 Å². The van der Waals surface area contributed by atoms with E-state index in [1.165, 1.54) is 7.11 Å². The van der Waals surface area contributed by atoms with Crippen molar-refractivity contribution in [2.45, 2.75) is 50.9 Å². The molecule has 1 aromatic rings. The van der Waals surface area contributed by atoms with Crippen molar-refractivity contribution in [2.75, 3.05) is 7.11 Å². The number of hydrogen-bond acceptors (Lipinski definition) is 4. The number of carbonyl (C=O) groups excluding carboxylic acids is 2. The lowest BCUT2D eigenvalue weighted by molar-refractivity contribution is -0.153. The molecule has 0 bridgehead atoms. The topological polar surface area (TPSA) is 77.4 Å². The normalized spacial score (nSPS) is 23.0. The SMILES string of the molecule is COC(=O)C1(NC(=O)Cn2cc(C(F)(F)F)cc(Cl)c2=O)CCC(C)CC1. The zero-order chi connectivity index (χ0) is 20.4. The number of hydrogen-bond donors (Lipinski definition) is 1. The lowest BCUT2D eigenvalue weighted by Crippen LogP contribution is -2.57. The summed E-state index contributed by atoms with van der Waals surface area (Å²) in [5, 5.41) is 1.91. The number of nitrogens with zero attached hydrogens (tertiary/aromatic N) is 1. The van der Waals surface area contributed by atoms with E-state index < -0.39 is 46.3 Å². The van der Waals surface area contributed by atoms with Gasteiger partial charge >= 0.3 is 12.1 Å². The molecule has 1 aromatic heterocycles. The molecule has 0 saturated heterocycles. The summed E-state index contributed by atoms with van der Waals surface area (Å²) in [5.74, 6) is -1.01. The molecule has 2 rings (SSSR count). The van der Waals surface area contributed by atoms with E-state index in [1.807, 2.05) is 6.92 Å². The smallest absolute Gasteiger partial charge is 0.417 e.